The van der Waals surface area contributed by atoms with Crippen LogP contribution < -0.4 is 10.0 Å². The smallest absolute Gasteiger partial charge is 0.240 e. The Hall–Kier alpha value is -1.60. The molecule has 0 aliphatic rings. The number of rotatable bonds is 7. The number of hydrogen-bond donors (Lipinski definition) is 2. The third kappa shape index (κ3) is 5.49. The molecule has 24 heavy (non-hydrogen) atoms. The van der Waals surface area contributed by atoms with Crippen LogP contribution in [0.5, 0.6) is 0 Å². The third-order valence-electron chi connectivity index (χ3n) is 3.18. The monoisotopic (exact) mass is 386 g/mol. The maximum absolute atomic E-state index is 12.1. The number of halogens is 2. The fourth-order valence-corrected chi connectivity index (χ4v) is 3.48. The Balaban J connectivity index is 1.81. The standard InChI is InChI=1S/C16H16Cl2N2O3S/c17-13-5-3-6-14(10-13)24(22,23)20-9-8-16(21)19-11-12-4-1-2-7-15(12)18/h1-7,10,20H,8-9,11H2,(H,19,21). The second-order valence-corrected chi connectivity index (χ2v) is 7.58. The summed E-state index contributed by atoms with van der Waals surface area (Å²) in [6, 6.07) is 13.1. The van der Waals surface area contributed by atoms with Crippen LogP contribution in [0.4, 0.5) is 0 Å². The maximum atomic E-state index is 12.1. The Kier molecular flexibility index (Phi) is 6.62. The van der Waals surface area contributed by atoms with Crippen molar-refractivity contribution in [2.45, 2.75) is 17.9 Å². The molecular weight excluding hydrogens is 371 g/mol. The van der Waals surface area contributed by atoms with Crippen LogP contribution in [0.1, 0.15) is 12.0 Å². The lowest BCUT2D eigenvalue weighted by molar-refractivity contribution is -0.121. The lowest BCUT2D eigenvalue weighted by atomic mass is 10.2. The summed E-state index contributed by atoms with van der Waals surface area (Å²) < 4.78 is 26.5. The molecule has 0 fully saturated rings. The molecule has 2 aromatic carbocycles. The molecule has 0 atom stereocenters. The van der Waals surface area contributed by atoms with E-state index in [2.05, 4.69) is 10.0 Å². The highest BCUT2D eigenvalue weighted by Crippen LogP contribution is 2.15. The van der Waals surface area contributed by atoms with Crippen LogP contribution in [-0.2, 0) is 21.4 Å². The summed E-state index contributed by atoms with van der Waals surface area (Å²) in [6.07, 6.45) is 0.0181. The van der Waals surface area contributed by atoms with Crippen molar-refractivity contribution >= 4 is 39.1 Å². The van der Waals surface area contributed by atoms with Crippen molar-refractivity contribution in [3.63, 3.8) is 0 Å². The molecule has 0 spiro atoms. The molecule has 5 nitrogen and oxygen atoms in total. The summed E-state index contributed by atoms with van der Waals surface area (Å²) >= 11 is 11.8. The SMILES string of the molecule is O=C(CCNS(=O)(=O)c1cccc(Cl)c1)NCc1ccccc1Cl. The Labute approximate surface area is 151 Å². The van der Waals surface area contributed by atoms with Crippen molar-refractivity contribution in [1.82, 2.24) is 10.0 Å². The minimum absolute atomic E-state index is 0.0107. The first-order valence-corrected chi connectivity index (χ1v) is 9.38. The summed E-state index contributed by atoms with van der Waals surface area (Å²) in [5.74, 6) is -0.274. The molecule has 0 radical (unpaired) electrons. The lowest BCUT2D eigenvalue weighted by Gasteiger charge is -2.08. The minimum Gasteiger partial charge on any atom is -0.352 e. The van der Waals surface area contributed by atoms with Crippen LogP contribution in [0.15, 0.2) is 53.4 Å². The van der Waals surface area contributed by atoms with Gasteiger partial charge in [-0.3, -0.25) is 4.79 Å². The van der Waals surface area contributed by atoms with Crippen LogP contribution in [0, 0.1) is 0 Å². The molecule has 0 aliphatic heterocycles. The molecule has 0 aliphatic carbocycles. The molecule has 8 heteroatoms. The van der Waals surface area contributed by atoms with Crippen molar-refractivity contribution in [2.24, 2.45) is 0 Å². The average molecular weight is 387 g/mol. The predicted octanol–water partition coefficient (Wildman–Crippen LogP) is 2.98. The zero-order valence-electron chi connectivity index (χ0n) is 12.6. The van der Waals surface area contributed by atoms with E-state index in [0.717, 1.165) is 5.56 Å². The summed E-state index contributed by atoms with van der Waals surface area (Å²) in [5.41, 5.74) is 0.798. The maximum Gasteiger partial charge on any atom is 0.240 e. The van der Waals surface area contributed by atoms with E-state index in [4.69, 9.17) is 23.2 Å². The molecule has 2 rings (SSSR count). The van der Waals surface area contributed by atoms with E-state index in [0.29, 0.717) is 16.6 Å². The van der Waals surface area contributed by atoms with Gasteiger partial charge in [-0.1, -0.05) is 47.5 Å². The van der Waals surface area contributed by atoms with Gasteiger partial charge < -0.3 is 5.32 Å². The van der Waals surface area contributed by atoms with Crippen LogP contribution in [0.2, 0.25) is 10.0 Å². The van der Waals surface area contributed by atoms with E-state index in [-0.39, 0.29) is 23.8 Å². The van der Waals surface area contributed by atoms with Crippen LogP contribution in [0.3, 0.4) is 0 Å². The Morgan fingerprint density at radius 1 is 1.04 bits per heavy atom. The zero-order chi connectivity index (χ0) is 17.6. The highest BCUT2D eigenvalue weighted by Gasteiger charge is 2.14. The number of nitrogens with one attached hydrogen (secondary N) is 2. The van der Waals surface area contributed by atoms with E-state index in [1.54, 1.807) is 24.3 Å². The quantitative estimate of drug-likeness (QED) is 0.767. The van der Waals surface area contributed by atoms with Crippen LogP contribution in [-0.4, -0.2) is 20.9 Å². The van der Waals surface area contributed by atoms with E-state index < -0.39 is 10.0 Å². The molecule has 0 heterocycles. The van der Waals surface area contributed by atoms with Gasteiger partial charge in [0, 0.05) is 29.6 Å². The minimum atomic E-state index is -3.69. The molecule has 0 saturated heterocycles. The number of carbonyl (C=O) groups is 1. The fraction of sp³-hybridized carbons (Fsp3) is 0.188. The normalized spacial score (nSPS) is 11.2. The van der Waals surface area contributed by atoms with Gasteiger partial charge in [-0.15, -0.1) is 0 Å². The van der Waals surface area contributed by atoms with Gasteiger partial charge in [-0.05, 0) is 29.8 Å². The zero-order valence-corrected chi connectivity index (χ0v) is 15.0. The number of carbonyl (C=O) groups excluding carboxylic acids is 1. The summed E-state index contributed by atoms with van der Waals surface area (Å²) in [7, 11) is -3.69. The van der Waals surface area contributed by atoms with Gasteiger partial charge in [0.1, 0.15) is 0 Å². The summed E-state index contributed by atoms with van der Waals surface area (Å²) in [4.78, 5) is 11.9. The molecule has 0 aromatic heterocycles. The first-order valence-electron chi connectivity index (χ1n) is 7.14. The highest BCUT2D eigenvalue weighted by molar-refractivity contribution is 7.89. The highest BCUT2D eigenvalue weighted by atomic mass is 35.5. The van der Waals surface area contributed by atoms with Gasteiger partial charge in [0.05, 0.1) is 4.90 Å². The molecular formula is C16H16Cl2N2O3S. The van der Waals surface area contributed by atoms with Gasteiger partial charge in [0.2, 0.25) is 15.9 Å². The lowest BCUT2D eigenvalue weighted by Crippen LogP contribution is -2.30. The van der Waals surface area contributed by atoms with Crippen molar-refractivity contribution in [3.8, 4) is 0 Å². The van der Waals surface area contributed by atoms with Crippen molar-refractivity contribution in [1.29, 1.82) is 0 Å². The van der Waals surface area contributed by atoms with Gasteiger partial charge in [-0.25, -0.2) is 13.1 Å². The van der Waals surface area contributed by atoms with Crippen molar-refractivity contribution in [2.75, 3.05) is 6.54 Å². The Morgan fingerprint density at radius 3 is 2.50 bits per heavy atom. The molecule has 2 aromatic rings. The first kappa shape index (κ1) is 18.7. The Bertz CT molecular complexity index is 826. The predicted molar refractivity (Wildman–Crippen MR) is 94.6 cm³/mol. The summed E-state index contributed by atoms with van der Waals surface area (Å²) in [5, 5.41) is 3.59. The van der Waals surface area contributed by atoms with E-state index in [9.17, 15) is 13.2 Å². The molecule has 128 valence electrons. The first-order chi connectivity index (χ1) is 11.4. The second-order valence-electron chi connectivity index (χ2n) is 4.97. The van der Waals surface area contributed by atoms with E-state index in [1.165, 1.54) is 12.1 Å². The van der Waals surface area contributed by atoms with Gasteiger partial charge >= 0.3 is 0 Å². The van der Waals surface area contributed by atoms with Crippen molar-refractivity contribution in [3.05, 3.63) is 64.1 Å². The fourth-order valence-electron chi connectivity index (χ4n) is 1.94. The molecule has 0 bridgehead atoms. The average Bonchev–Trinajstić information content (AvgIpc) is 2.54. The molecule has 2 N–H and O–H groups in total. The van der Waals surface area contributed by atoms with Crippen LogP contribution in [0.25, 0.3) is 0 Å². The van der Waals surface area contributed by atoms with Gasteiger partial charge in [0.15, 0.2) is 0 Å². The Morgan fingerprint density at radius 2 is 1.79 bits per heavy atom. The number of hydrogen-bond acceptors (Lipinski definition) is 3. The topological polar surface area (TPSA) is 75.3 Å². The molecule has 0 unspecified atom stereocenters. The molecule has 1 amide bonds. The van der Waals surface area contributed by atoms with E-state index in [1.807, 2.05) is 12.1 Å². The number of sulfonamides is 1. The third-order valence-corrected chi connectivity index (χ3v) is 5.25. The van der Waals surface area contributed by atoms with Crippen molar-refractivity contribution < 1.29 is 13.2 Å². The van der Waals surface area contributed by atoms with E-state index >= 15 is 0 Å². The van der Waals surface area contributed by atoms with Crippen LogP contribution >= 0.6 is 23.2 Å². The van der Waals surface area contributed by atoms with Gasteiger partial charge in [-0.2, -0.15) is 0 Å². The number of benzene rings is 2. The molecule has 0 saturated carbocycles. The summed E-state index contributed by atoms with van der Waals surface area (Å²) in [6.45, 7) is 0.281. The van der Waals surface area contributed by atoms with Gasteiger partial charge in [0.25, 0.3) is 0 Å². The largest absolute Gasteiger partial charge is 0.352 e. The number of amides is 1. The second kappa shape index (κ2) is 8.48.